The zero-order chi connectivity index (χ0) is 28.5. The molecule has 1 amide bonds. The van der Waals surface area contributed by atoms with E-state index in [1.807, 2.05) is 39.0 Å². The van der Waals surface area contributed by atoms with Crippen LogP contribution in [0.3, 0.4) is 0 Å². The molecule has 1 saturated heterocycles. The van der Waals surface area contributed by atoms with Gasteiger partial charge in [0.05, 0.1) is 29.4 Å². The summed E-state index contributed by atoms with van der Waals surface area (Å²) in [6, 6.07) is 12.1. The number of thiazole rings is 1. The first-order valence-corrected chi connectivity index (χ1v) is 16.4. The molecule has 2 heterocycles. The number of halogens is 1. The lowest BCUT2D eigenvalue weighted by atomic mass is 10.2. The Kier molecular flexibility index (Phi) is 12.8. The van der Waals surface area contributed by atoms with Crippen LogP contribution in [0.2, 0.25) is 0 Å². The van der Waals surface area contributed by atoms with Crippen molar-refractivity contribution in [2.24, 2.45) is 0 Å². The fourth-order valence-electron chi connectivity index (χ4n) is 4.79. The quantitative estimate of drug-likeness (QED) is 0.240. The Morgan fingerprint density at radius 2 is 1.71 bits per heavy atom. The second-order valence-corrected chi connectivity index (χ2v) is 12.7. The number of nitrogens with zero attached hydrogens (tertiary/aromatic N) is 4. The van der Waals surface area contributed by atoms with Crippen LogP contribution in [-0.2, 0) is 14.8 Å². The molecule has 0 aliphatic carbocycles. The van der Waals surface area contributed by atoms with Crippen LogP contribution in [-0.4, -0.2) is 87.6 Å². The van der Waals surface area contributed by atoms with E-state index in [0.717, 1.165) is 62.3 Å². The number of para-hydroxylation sites is 1. The van der Waals surface area contributed by atoms with Gasteiger partial charge in [-0.15, -0.1) is 12.4 Å². The number of morpholine rings is 1. The summed E-state index contributed by atoms with van der Waals surface area (Å²) in [6.07, 6.45) is 2.25. The van der Waals surface area contributed by atoms with Gasteiger partial charge in [-0.2, -0.15) is 4.31 Å². The van der Waals surface area contributed by atoms with Crippen molar-refractivity contribution >= 4 is 55.0 Å². The summed E-state index contributed by atoms with van der Waals surface area (Å²) in [4.78, 5) is 23.0. The predicted molar refractivity (Wildman–Crippen MR) is 167 cm³/mol. The first-order chi connectivity index (χ1) is 19.4. The lowest BCUT2D eigenvalue weighted by Crippen LogP contribution is -2.39. The highest BCUT2D eigenvalue weighted by Gasteiger charge is 2.26. The van der Waals surface area contributed by atoms with E-state index in [-0.39, 0.29) is 23.2 Å². The SMILES string of the molecule is CCCN(CCC)S(=O)(=O)c1ccc(C(=O)N(CCCN2CCOCC2)c2nc3c(OCC)cccc3s2)cc1.Cl. The van der Waals surface area contributed by atoms with E-state index in [0.29, 0.717) is 42.7 Å². The number of hydrogen-bond donors (Lipinski definition) is 0. The van der Waals surface area contributed by atoms with Crippen LogP contribution in [0.15, 0.2) is 47.4 Å². The van der Waals surface area contributed by atoms with Crippen molar-refractivity contribution in [3.8, 4) is 5.75 Å². The van der Waals surface area contributed by atoms with Gasteiger partial charge in [0.25, 0.3) is 5.91 Å². The Labute approximate surface area is 253 Å². The van der Waals surface area contributed by atoms with Crippen LogP contribution in [0.4, 0.5) is 5.13 Å². The molecule has 0 spiro atoms. The van der Waals surface area contributed by atoms with Crippen molar-refractivity contribution in [1.82, 2.24) is 14.2 Å². The van der Waals surface area contributed by atoms with Gasteiger partial charge in [0.2, 0.25) is 10.0 Å². The number of fused-ring (bicyclic) bond motifs is 1. The van der Waals surface area contributed by atoms with Gasteiger partial charge in [0, 0.05) is 44.8 Å². The number of carbonyl (C=O) groups is 1. The number of sulfonamides is 1. The van der Waals surface area contributed by atoms with Crippen LogP contribution in [0.5, 0.6) is 5.75 Å². The van der Waals surface area contributed by atoms with Gasteiger partial charge in [-0.3, -0.25) is 14.6 Å². The van der Waals surface area contributed by atoms with E-state index in [4.69, 9.17) is 14.5 Å². The molecule has 3 aromatic rings. The molecule has 41 heavy (non-hydrogen) atoms. The van der Waals surface area contributed by atoms with E-state index < -0.39 is 10.0 Å². The molecule has 0 radical (unpaired) electrons. The standard InChI is InChI=1S/C29H40N4O5S2.ClH/c1-4-15-32(16-5-2)40(35,36)24-13-11-23(12-14-24)28(34)33(18-8-17-31-19-21-37-22-20-31)29-30-27-25(38-6-3)9-7-10-26(27)39-29;/h7,9-14H,4-6,8,15-22H2,1-3H3;1H. The zero-order valence-corrected chi connectivity index (χ0v) is 26.5. The molecule has 1 fully saturated rings. The average molecular weight is 625 g/mol. The number of carbonyl (C=O) groups excluding carboxylic acids is 1. The maximum absolute atomic E-state index is 13.9. The zero-order valence-electron chi connectivity index (χ0n) is 24.1. The Bertz CT molecular complexity index is 1360. The number of benzene rings is 2. The number of amides is 1. The number of ether oxygens (including phenoxy) is 2. The van der Waals surface area contributed by atoms with Gasteiger partial charge in [-0.05, 0) is 62.6 Å². The van der Waals surface area contributed by atoms with E-state index in [1.165, 1.54) is 15.6 Å². The molecular formula is C29H41ClN4O5S2. The maximum atomic E-state index is 13.9. The summed E-state index contributed by atoms with van der Waals surface area (Å²) in [6.45, 7) is 11.9. The largest absolute Gasteiger partial charge is 0.492 e. The summed E-state index contributed by atoms with van der Waals surface area (Å²) in [5.41, 5.74) is 1.16. The highest BCUT2D eigenvalue weighted by atomic mass is 35.5. The van der Waals surface area contributed by atoms with Crippen molar-refractivity contribution in [3.63, 3.8) is 0 Å². The van der Waals surface area contributed by atoms with E-state index in [1.54, 1.807) is 29.2 Å². The smallest absolute Gasteiger partial charge is 0.260 e. The summed E-state index contributed by atoms with van der Waals surface area (Å²) in [5.74, 6) is 0.489. The molecule has 1 aromatic heterocycles. The molecule has 1 aliphatic rings. The molecule has 1 aliphatic heterocycles. The Morgan fingerprint density at radius 3 is 2.34 bits per heavy atom. The van der Waals surface area contributed by atoms with Crippen LogP contribution < -0.4 is 9.64 Å². The molecule has 0 saturated carbocycles. The first-order valence-electron chi connectivity index (χ1n) is 14.1. The minimum atomic E-state index is -3.63. The second kappa shape index (κ2) is 15.8. The maximum Gasteiger partial charge on any atom is 0.260 e. The van der Waals surface area contributed by atoms with Gasteiger partial charge in [-0.25, -0.2) is 13.4 Å². The molecule has 0 atom stereocenters. The average Bonchev–Trinajstić information content (AvgIpc) is 3.41. The van der Waals surface area contributed by atoms with Crippen molar-refractivity contribution < 1.29 is 22.7 Å². The first kappa shape index (κ1) is 33.2. The molecule has 9 nitrogen and oxygen atoms in total. The highest BCUT2D eigenvalue weighted by molar-refractivity contribution is 7.89. The van der Waals surface area contributed by atoms with Crippen molar-refractivity contribution in [2.45, 2.75) is 44.9 Å². The van der Waals surface area contributed by atoms with Crippen molar-refractivity contribution in [1.29, 1.82) is 0 Å². The number of anilines is 1. The predicted octanol–water partition coefficient (Wildman–Crippen LogP) is 5.30. The third kappa shape index (κ3) is 8.18. The topological polar surface area (TPSA) is 92.3 Å². The Hall–Kier alpha value is -2.28. The lowest BCUT2D eigenvalue weighted by Gasteiger charge is -2.27. The molecule has 2 aromatic carbocycles. The summed E-state index contributed by atoms with van der Waals surface area (Å²) < 4.78 is 40.1. The highest BCUT2D eigenvalue weighted by Crippen LogP contribution is 2.35. The van der Waals surface area contributed by atoms with Gasteiger partial charge in [0.15, 0.2) is 5.13 Å². The fraction of sp³-hybridized carbons (Fsp3) is 0.517. The second-order valence-electron chi connectivity index (χ2n) is 9.73. The minimum Gasteiger partial charge on any atom is -0.492 e. The van der Waals surface area contributed by atoms with Crippen molar-refractivity contribution in [2.75, 3.05) is 64.0 Å². The summed E-state index contributed by atoms with van der Waals surface area (Å²) in [7, 11) is -3.63. The third-order valence-electron chi connectivity index (χ3n) is 6.79. The molecule has 12 heteroatoms. The van der Waals surface area contributed by atoms with E-state index >= 15 is 0 Å². The van der Waals surface area contributed by atoms with Gasteiger partial charge >= 0.3 is 0 Å². The molecule has 4 rings (SSSR count). The molecular weight excluding hydrogens is 584 g/mol. The van der Waals surface area contributed by atoms with Crippen LogP contribution in [0.25, 0.3) is 10.2 Å². The number of rotatable bonds is 14. The summed E-state index contributed by atoms with van der Waals surface area (Å²) >= 11 is 1.45. The van der Waals surface area contributed by atoms with Gasteiger partial charge in [-0.1, -0.05) is 31.3 Å². The van der Waals surface area contributed by atoms with Crippen LogP contribution in [0.1, 0.15) is 50.4 Å². The molecule has 0 bridgehead atoms. The monoisotopic (exact) mass is 624 g/mol. The number of aromatic nitrogens is 1. The van der Waals surface area contributed by atoms with Crippen LogP contribution >= 0.6 is 23.7 Å². The normalized spacial score (nSPS) is 14.2. The Morgan fingerprint density at radius 1 is 1.02 bits per heavy atom. The van der Waals surface area contributed by atoms with E-state index in [2.05, 4.69) is 4.90 Å². The fourth-order valence-corrected chi connectivity index (χ4v) is 7.42. The van der Waals surface area contributed by atoms with Crippen molar-refractivity contribution in [3.05, 3.63) is 48.0 Å². The number of hydrogen-bond acceptors (Lipinski definition) is 8. The van der Waals surface area contributed by atoms with Crippen LogP contribution in [0, 0.1) is 0 Å². The summed E-state index contributed by atoms with van der Waals surface area (Å²) in [5, 5.41) is 0.600. The third-order valence-corrected chi connectivity index (χ3v) is 9.75. The molecule has 226 valence electrons. The van der Waals surface area contributed by atoms with E-state index in [9.17, 15) is 13.2 Å². The Balaban J connectivity index is 0.00000462. The molecule has 0 N–H and O–H groups in total. The lowest BCUT2D eigenvalue weighted by molar-refractivity contribution is 0.0376. The van der Waals surface area contributed by atoms with Gasteiger partial charge in [0.1, 0.15) is 11.3 Å². The van der Waals surface area contributed by atoms with Gasteiger partial charge < -0.3 is 9.47 Å². The molecule has 0 unspecified atom stereocenters. The minimum absolute atomic E-state index is 0.